The molecule has 2 aromatic rings. The average molecular weight is 375 g/mol. The molecule has 27 heavy (non-hydrogen) atoms. The van der Waals surface area contributed by atoms with E-state index in [0.717, 1.165) is 4.57 Å². The van der Waals surface area contributed by atoms with E-state index in [9.17, 15) is 19.7 Å². The third-order valence-electron chi connectivity index (χ3n) is 3.88. The topological polar surface area (TPSA) is 105 Å². The third-order valence-corrected chi connectivity index (χ3v) is 3.88. The summed E-state index contributed by atoms with van der Waals surface area (Å²) >= 11 is 0. The van der Waals surface area contributed by atoms with Crippen LogP contribution in [-0.4, -0.2) is 23.8 Å². The minimum absolute atomic E-state index is 0.000658. The Hall–Kier alpha value is -2.97. The fourth-order valence-corrected chi connectivity index (χ4v) is 2.81. The molecule has 0 aromatic carbocycles. The molecule has 9 heteroatoms. The lowest BCUT2D eigenvalue weighted by molar-refractivity contribution is -0.387. The van der Waals surface area contributed by atoms with Gasteiger partial charge >= 0.3 is 16.9 Å². The lowest BCUT2D eigenvalue weighted by Crippen LogP contribution is -2.43. The van der Waals surface area contributed by atoms with Crippen molar-refractivity contribution < 1.29 is 4.92 Å². The molecule has 0 saturated heterocycles. The van der Waals surface area contributed by atoms with Gasteiger partial charge in [-0.1, -0.05) is 27.7 Å². The number of rotatable bonds is 7. The molecule has 0 spiro atoms. The van der Waals surface area contributed by atoms with Crippen LogP contribution in [0.4, 0.5) is 5.69 Å². The van der Waals surface area contributed by atoms with Gasteiger partial charge in [-0.25, -0.2) is 4.79 Å². The monoisotopic (exact) mass is 375 g/mol. The van der Waals surface area contributed by atoms with Crippen molar-refractivity contribution in [2.75, 3.05) is 0 Å². The molecule has 0 aliphatic heterocycles. The van der Waals surface area contributed by atoms with Gasteiger partial charge in [0.05, 0.1) is 11.1 Å². The minimum atomic E-state index is -0.871. The van der Waals surface area contributed by atoms with E-state index in [2.05, 4.69) is 5.10 Å². The summed E-state index contributed by atoms with van der Waals surface area (Å²) in [4.78, 5) is 36.6. The number of nitro groups is 1. The van der Waals surface area contributed by atoms with Gasteiger partial charge < -0.3 is 0 Å². The lowest BCUT2D eigenvalue weighted by Gasteiger charge is -2.16. The Labute approximate surface area is 156 Å². The summed E-state index contributed by atoms with van der Waals surface area (Å²) in [5.74, 6) is 0.0668. The Morgan fingerprint density at radius 1 is 1.11 bits per heavy atom. The molecule has 2 rings (SSSR count). The van der Waals surface area contributed by atoms with E-state index in [-0.39, 0.29) is 30.6 Å². The highest BCUT2D eigenvalue weighted by molar-refractivity contribution is 5.71. The van der Waals surface area contributed by atoms with Gasteiger partial charge in [-0.3, -0.25) is 28.7 Å². The molecule has 9 nitrogen and oxygen atoms in total. The molecular weight excluding hydrogens is 350 g/mol. The predicted molar refractivity (Wildman–Crippen MR) is 103 cm³/mol. The van der Waals surface area contributed by atoms with Gasteiger partial charge in [0.1, 0.15) is 5.69 Å². The molecular formula is C18H25N5O4. The van der Waals surface area contributed by atoms with Crippen molar-refractivity contribution in [1.82, 2.24) is 18.9 Å². The van der Waals surface area contributed by atoms with Crippen molar-refractivity contribution >= 4 is 17.8 Å². The molecule has 0 aliphatic rings. The second-order valence-electron chi connectivity index (χ2n) is 7.37. The van der Waals surface area contributed by atoms with E-state index < -0.39 is 21.9 Å². The van der Waals surface area contributed by atoms with Crippen molar-refractivity contribution in [2.45, 2.75) is 40.8 Å². The van der Waals surface area contributed by atoms with Crippen LogP contribution in [0.1, 0.15) is 39.0 Å². The first-order chi connectivity index (χ1) is 12.6. The summed E-state index contributed by atoms with van der Waals surface area (Å²) in [7, 11) is 1.75. The zero-order valence-corrected chi connectivity index (χ0v) is 16.2. The highest BCUT2D eigenvalue weighted by atomic mass is 16.6. The van der Waals surface area contributed by atoms with Gasteiger partial charge in [0.2, 0.25) is 0 Å². The first kappa shape index (κ1) is 20.3. The Balaban J connectivity index is 2.78. The molecule has 2 heterocycles. The van der Waals surface area contributed by atoms with Gasteiger partial charge in [0.15, 0.2) is 0 Å². The fraction of sp³-hybridized carbons (Fsp3) is 0.500. The van der Waals surface area contributed by atoms with Gasteiger partial charge in [-0.2, -0.15) is 5.10 Å². The van der Waals surface area contributed by atoms with Gasteiger partial charge in [-0.05, 0) is 24.0 Å². The second kappa shape index (κ2) is 8.15. The molecule has 0 aliphatic carbocycles. The van der Waals surface area contributed by atoms with Crippen LogP contribution < -0.4 is 11.2 Å². The molecule has 0 amide bonds. The lowest BCUT2D eigenvalue weighted by atomic mass is 10.2. The Kier molecular flexibility index (Phi) is 6.14. The minimum Gasteiger partial charge on any atom is -0.287 e. The second-order valence-corrected chi connectivity index (χ2v) is 7.37. The molecule has 0 fully saturated rings. The normalized spacial score (nSPS) is 11.8. The van der Waals surface area contributed by atoms with E-state index in [1.807, 2.05) is 27.7 Å². The van der Waals surface area contributed by atoms with Crippen LogP contribution in [-0.2, 0) is 20.1 Å². The number of aryl methyl sites for hydroxylation is 1. The average Bonchev–Trinajstić information content (AvgIpc) is 2.97. The Bertz CT molecular complexity index is 979. The predicted octanol–water partition coefficient (Wildman–Crippen LogP) is 2.13. The number of aromatic nitrogens is 4. The number of hydrogen-bond donors (Lipinski definition) is 0. The molecule has 2 aromatic heterocycles. The molecule has 0 atom stereocenters. The molecule has 0 bridgehead atoms. The Morgan fingerprint density at radius 2 is 1.70 bits per heavy atom. The van der Waals surface area contributed by atoms with Crippen LogP contribution in [0, 0.1) is 22.0 Å². The standard InChI is InChI=1S/C18H25N5O4/c1-12(2)9-21-15(7-6-14-8-19-20(5)11-14)16(23(26)27)17(24)22(18(21)25)10-13(3)4/h6-8,11-13H,9-10H2,1-5H3. The van der Waals surface area contributed by atoms with E-state index in [0.29, 0.717) is 5.56 Å². The summed E-state index contributed by atoms with van der Waals surface area (Å²) in [6.07, 6.45) is 6.37. The van der Waals surface area contributed by atoms with Gasteiger partial charge in [0, 0.05) is 31.9 Å². The van der Waals surface area contributed by atoms with E-state index >= 15 is 0 Å². The fourth-order valence-electron chi connectivity index (χ4n) is 2.81. The van der Waals surface area contributed by atoms with Crippen LogP contribution in [0.5, 0.6) is 0 Å². The van der Waals surface area contributed by atoms with Gasteiger partial charge in [-0.15, -0.1) is 0 Å². The summed E-state index contributed by atoms with van der Waals surface area (Å²) < 4.78 is 3.88. The zero-order valence-electron chi connectivity index (χ0n) is 16.2. The quantitative estimate of drug-likeness (QED) is 0.544. The largest absolute Gasteiger partial charge is 0.357 e. The van der Waals surface area contributed by atoms with Crippen LogP contribution in [0.25, 0.3) is 12.2 Å². The van der Waals surface area contributed by atoms with Crippen molar-refractivity contribution in [1.29, 1.82) is 0 Å². The van der Waals surface area contributed by atoms with E-state index in [1.54, 1.807) is 30.2 Å². The molecule has 0 N–H and O–H groups in total. The molecule has 0 saturated carbocycles. The maximum Gasteiger partial charge on any atom is 0.357 e. The number of hydrogen-bond acceptors (Lipinski definition) is 5. The van der Waals surface area contributed by atoms with Crippen LogP contribution in [0.15, 0.2) is 22.0 Å². The van der Waals surface area contributed by atoms with Crippen molar-refractivity contribution in [3.63, 3.8) is 0 Å². The van der Waals surface area contributed by atoms with Gasteiger partial charge in [0.25, 0.3) is 0 Å². The zero-order chi connectivity index (χ0) is 20.3. The SMILES string of the molecule is CC(C)Cn1c(C=Cc2cnn(C)c2)c([N+](=O)[O-])c(=O)n(CC(C)C)c1=O. The maximum atomic E-state index is 12.9. The van der Waals surface area contributed by atoms with Crippen LogP contribution in [0.3, 0.4) is 0 Å². The van der Waals surface area contributed by atoms with E-state index in [1.165, 1.54) is 10.6 Å². The molecule has 146 valence electrons. The first-order valence-electron chi connectivity index (χ1n) is 8.80. The van der Waals surface area contributed by atoms with Crippen molar-refractivity contribution in [2.24, 2.45) is 18.9 Å². The van der Waals surface area contributed by atoms with Crippen molar-refractivity contribution in [3.8, 4) is 0 Å². The number of nitrogens with zero attached hydrogens (tertiary/aromatic N) is 5. The molecule has 0 unspecified atom stereocenters. The van der Waals surface area contributed by atoms with E-state index in [4.69, 9.17) is 0 Å². The van der Waals surface area contributed by atoms with Crippen LogP contribution >= 0.6 is 0 Å². The third kappa shape index (κ3) is 4.60. The highest BCUT2D eigenvalue weighted by Gasteiger charge is 2.27. The first-order valence-corrected chi connectivity index (χ1v) is 8.80. The smallest absolute Gasteiger partial charge is 0.287 e. The summed E-state index contributed by atoms with van der Waals surface area (Å²) in [6, 6.07) is 0. The highest BCUT2D eigenvalue weighted by Crippen LogP contribution is 2.17. The summed E-state index contributed by atoms with van der Waals surface area (Å²) in [5.41, 5.74) is -1.27. The Morgan fingerprint density at radius 3 is 2.19 bits per heavy atom. The summed E-state index contributed by atoms with van der Waals surface area (Å²) in [6.45, 7) is 7.91. The van der Waals surface area contributed by atoms with Crippen LogP contribution in [0.2, 0.25) is 0 Å². The maximum absolute atomic E-state index is 12.9. The molecule has 0 radical (unpaired) electrons. The van der Waals surface area contributed by atoms with Crippen molar-refractivity contribution in [3.05, 3.63) is 54.6 Å². The summed E-state index contributed by atoms with van der Waals surface area (Å²) in [5, 5.41) is 15.7.